The van der Waals surface area contributed by atoms with Crippen LogP contribution in [-0.2, 0) is 4.79 Å². The highest BCUT2D eigenvalue weighted by atomic mass is 16.2. The molecule has 3 N–H and O–H groups in total. The second-order valence-corrected chi connectivity index (χ2v) is 7.67. The van der Waals surface area contributed by atoms with E-state index in [0.717, 1.165) is 36.5 Å². The Morgan fingerprint density at radius 1 is 1.00 bits per heavy atom. The summed E-state index contributed by atoms with van der Waals surface area (Å²) in [5.74, 6) is 4.04. The molecule has 0 aliphatic heterocycles. The minimum absolute atomic E-state index is 0.141. The minimum atomic E-state index is -0.240. The molecule has 5 aliphatic carbocycles. The van der Waals surface area contributed by atoms with Crippen LogP contribution in [0.3, 0.4) is 0 Å². The van der Waals surface area contributed by atoms with E-state index in [0.29, 0.717) is 12.0 Å². The lowest BCUT2D eigenvalue weighted by Gasteiger charge is -2.55. The molecular weight excluding hydrogens is 236 g/mol. The standard InChI is InChI=1S/C16H26N2O/c17-15(16(19)18-13-2-1-3-13)14-11-5-9-4-10(7-11)8-12(14)6-9/h9-15H,1-8,17H2,(H,18,19). The average Bonchev–Trinajstić information content (AvgIpc) is 2.32. The fourth-order valence-electron chi connectivity index (χ4n) is 5.58. The van der Waals surface area contributed by atoms with Gasteiger partial charge in [-0.2, -0.15) is 0 Å². The highest BCUT2D eigenvalue weighted by Crippen LogP contribution is 2.57. The fraction of sp³-hybridized carbons (Fsp3) is 0.938. The summed E-state index contributed by atoms with van der Waals surface area (Å²) in [6.07, 6.45) is 10.4. The summed E-state index contributed by atoms with van der Waals surface area (Å²) in [7, 11) is 0. The summed E-state index contributed by atoms with van der Waals surface area (Å²) >= 11 is 0. The Bertz CT molecular complexity index is 349. The van der Waals surface area contributed by atoms with E-state index >= 15 is 0 Å². The van der Waals surface area contributed by atoms with Crippen LogP contribution in [0.15, 0.2) is 0 Å². The quantitative estimate of drug-likeness (QED) is 0.818. The second kappa shape index (κ2) is 4.47. The van der Waals surface area contributed by atoms with Crippen molar-refractivity contribution in [2.45, 2.75) is 63.5 Å². The van der Waals surface area contributed by atoms with E-state index in [1.54, 1.807) is 0 Å². The molecule has 1 amide bonds. The molecule has 5 fully saturated rings. The van der Waals surface area contributed by atoms with Crippen molar-refractivity contribution in [3.8, 4) is 0 Å². The van der Waals surface area contributed by atoms with Crippen LogP contribution in [0.25, 0.3) is 0 Å². The highest BCUT2D eigenvalue weighted by Gasteiger charge is 2.51. The zero-order valence-electron chi connectivity index (χ0n) is 11.7. The summed E-state index contributed by atoms with van der Waals surface area (Å²) in [5, 5.41) is 3.16. The van der Waals surface area contributed by atoms with E-state index in [9.17, 15) is 4.79 Å². The predicted octanol–water partition coefficient (Wildman–Crippen LogP) is 2.05. The van der Waals surface area contributed by atoms with Crippen molar-refractivity contribution in [3.05, 3.63) is 0 Å². The molecule has 0 aromatic carbocycles. The summed E-state index contributed by atoms with van der Waals surface area (Å²) in [6, 6.07) is 0.186. The Hall–Kier alpha value is -0.570. The van der Waals surface area contributed by atoms with Crippen molar-refractivity contribution >= 4 is 5.91 Å². The third-order valence-corrected chi connectivity index (χ3v) is 6.47. The number of carbonyl (C=O) groups excluding carboxylic acids is 1. The first-order valence-electron chi connectivity index (χ1n) is 8.26. The molecule has 3 heteroatoms. The molecule has 0 spiro atoms. The van der Waals surface area contributed by atoms with Gasteiger partial charge in [0, 0.05) is 6.04 Å². The van der Waals surface area contributed by atoms with Crippen molar-refractivity contribution in [1.82, 2.24) is 5.32 Å². The van der Waals surface area contributed by atoms with Gasteiger partial charge in [-0.3, -0.25) is 4.79 Å². The molecule has 4 bridgehead atoms. The number of nitrogens with one attached hydrogen (secondary N) is 1. The zero-order chi connectivity index (χ0) is 13.0. The lowest BCUT2D eigenvalue weighted by molar-refractivity contribution is -0.130. The van der Waals surface area contributed by atoms with E-state index < -0.39 is 0 Å². The monoisotopic (exact) mass is 262 g/mol. The average molecular weight is 262 g/mol. The molecule has 1 atom stereocenters. The fourth-order valence-corrected chi connectivity index (χ4v) is 5.58. The van der Waals surface area contributed by atoms with Crippen LogP contribution >= 0.6 is 0 Å². The molecule has 19 heavy (non-hydrogen) atoms. The van der Waals surface area contributed by atoms with Crippen molar-refractivity contribution in [2.24, 2.45) is 35.3 Å². The Kier molecular flexibility index (Phi) is 2.87. The van der Waals surface area contributed by atoms with Gasteiger partial charge in [-0.1, -0.05) is 0 Å². The van der Waals surface area contributed by atoms with E-state index in [4.69, 9.17) is 5.73 Å². The van der Waals surface area contributed by atoms with Crippen molar-refractivity contribution in [2.75, 3.05) is 0 Å². The minimum Gasteiger partial charge on any atom is -0.352 e. The van der Waals surface area contributed by atoms with Crippen LogP contribution in [0.4, 0.5) is 0 Å². The van der Waals surface area contributed by atoms with Gasteiger partial charge in [0.1, 0.15) is 0 Å². The molecule has 5 saturated carbocycles. The van der Waals surface area contributed by atoms with Gasteiger partial charge < -0.3 is 11.1 Å². The third-order valence-electron chi connectivity index (χ3n) is 6.47. The second-order valence-electron chi connectivity index (χ2n) is 7.67. The Balaban J connectivity index is 1.44. The van der Waals surface area contributed by atoms with Crippen LogP contribution in [-0.4, -0.2) is 18.0 Å². The number of carbonyl (C=O) groups is 1. The molecule has 3 nitrogen and oxygen atoms in total. The topological polar surface area (TPSA) is 55.1 Å². The maximum atomic E-state index is 12.3. The van der Waals surface area contributed by atoms with Crippen LogP contribution < -0.4 is 11.1 Å². The first kappa shape index (κ1) is 12.2. The molecule has 106 valence electrons. The lowest BCUT2D eigenvalue weighted by Crippen LogP contribution is -2.58. The van der Waals surface area contributed by atoms with Gasteiger partial charge in [-0.15, -0.1) is 0 Å². The van der Waals surface area contributed by atoms with Crippen LogP contribution in [0.2, 0.25) is 0 Å². The van der Waals surface area contributed by atoms with E-state index in [1.807, 2.05) is 0 Å². The molecule has 0 saturated heterocycles. The van der Waals surface area contributed by atoms with Gasteiger partial charge in [-0.25, -0.2) is 0 Å². The Labute approximate surface area is 115 Å². The van der Waals surface area contributed by atoms with Crippen molar-refractivity contribution < 1.29 is 4.79 Å². The number of amides is 1. The van der Waals surface area contributed by atoms with Gasteiger partial charge >= 0.3 is 0 Å². The molecule has 5 aliphatic rings. The first-order valence-corrected chi connectivity index (χ1v) is 8.26. The molecule has 5 rings (SSSR count). The number of hydrogen-bond donors (Lipinski definition) is 2. The highest BCUT2D eigenvalue weighted by molar-refractivity contribution is 5.82. The SMILES string of the molecule is NC(C(=O)NC1CCC1)C1C2CC3CC(C2)CC1C3. The molecule has 0 aromatic heterocycles. The van der Waals surface area contributed by atoms with Crippen molar-refractivity contribution in [1.29, 1.82) is 0 Å². The van der Waals surface area contributed by atoms with E-state index in [-0.39, 0.29) is 11.9 Å². The summed E-state index contributed by atoms with van der Waals surface area (Å²) in [5.41, 5.74) is 6.36. The Morgan fingerprint density at radius 3 is 2.05 bits per heavy atom. The summed E-state index contributed by atoms with van der Waals surface area (Å²) in [6.45, 7) is 0. The van der Waals surface area contributed by atoms with Gasteiger partial charge in [0.25, 0.3) is 0 Å². The molecule has 1 unspecified atom stereocenters. The lowest BCUT2D eigenvalue weighted by atomic mass is 9.50. The smallest absolute Gasteiger partial charge is 0.237 e. The number of nitrogens with two attached hydrogens (primary N) is 1. The molecular formula is C16H26N2O. The third kappa shape index (κ3) is 2.01. The largest absolute Gasteiger partial charge is 0.352 e. The summed E-state index contributed by atoms with van der Waals surface area (Å²) in [4.78, 5) is 12.3. The van der Waals surface area contributed by atoms with Crippen LogP contribution in [0.1, 0.15) is 51.4 Å². The number of hydrogen-bond acceptors (Lipinski definition) is 2. The number of rotatable bonds is 3. The van der Waals surface area contributed by atoms with Crippen molar-refractivity contribution in [3.63, 3.8) is 0 Å². The first-order chi connectivity index (χ1) is 9.20. The van der Waals surface area contributed by atoms with Crippen LogP contribution in [0.5, 0.6) is 0 Å². The zero-order valence-corrected chi connectivity index (χ0v) is 11.7. The normalized spacial score (nSPS) is 45.8. The van der Waals surface area contributed by atoms with E-state index in [1.165, 1.54) is 38.5 Å². The van der Waals surface area contributed by atoms with E-state index in [2.05, 4.69) is 5.32 Å². The van der Waals surface area contributed by atoms with Gasteiger partial charge in [0.2, 0.25) is 5.91 Å². The maximum absolute atomic E-state index is 12.3. The van der Waals surface area contributed by atoms with Gasteiger partial charge in [0.05, 0.1) is 6.04 Å². The molecule has 0 heterocycles. The van der Waals surface area contributed by atoms with Crippen LogP contribution in [0, 0.1) is 29.6 Å². The predicted molar refractivity (Wildman–Crippen MR) is 74.3 cm³/mol. The summed E-state index contributed by atoms with van der Waals surface area (Å²) < 4.78 is 0. The van der Waals surface area contributed by atoms with Gasteiger partial charge in [-0.05, 0) is 81.0 Å². The molecule has 0 aromatic rings. The molecule has 0 radical (unpaired) electrons. The maximum Gasteiger partial charge on any atom is 0.237 e. The Morgan fingerprint density at radius 2 is 1.58 bits per heavy atom. The van der Waals surface area contributed by atoms with Gasteiger partial charge in [0.15, 0.2) is 0 Å².